The highest BCUT2D eigenvalue weighted by molar-refractivity contribution is 6.48. The van der Waals surface area contributed by atoms with Crippen LogP contribution in [0.2, 0.25) is 10.0 Å². The molecule has 1 aliphatic heterocycles. The number of amides is 1. The second-order valence-corrected chi connectivity index (χ2v) is 14.6. The average molecular weight is 684 g/mol. The van der Waals surface area contributed by atoms with Crippen LogP contribution in [0.4, 0.5) is 0 Å². The average Bonchev–Trinajstić information content (AvgIpc) is 3.45. The molecule has 248 valence electrons. The molecule has 1 N–H and O–H groups in total. The number of halogens is 2. The van der Waals surface area contributed by atoms with Crippen molar-refractivity contribution in [1.29, 1.82) is 5.26 Å². The molecule has 2 bridgehead atoms. The highest BCUT2D eigenvalue weighted by Gasteiger charge is 2.68. The molecule has 1 amide bonds. The van der Waals surface area contributed by atoms with Gasteiger partial charge in [-0.25, -0.2) is 0 Å². The van der Waals surface area contributed by atoms with Gasteiger partial charge in [-0.3, -0.25) is 9.78 Å². The second-order valence-electron chi connectivity index (χ2n) is 13.8. The Morgan fingerprint density at radius 1 is 1.12 bits per heavy atom. The number of aryl methyl sites for hydroxylation is 1. The molecule has 4 aliphatic rings. The first-order valence-corrected chi connectivity index (χ1v) is 17.4. The highest BCUT2D eigenvalue weighted by Crippen LogP contribution is 2.65. The minimum Gasteiger partial charge on any atom is -0.490 e. The van der Waals surface area contributed by atoms with Crippen LogP contribution >= 0.6 is 23.2 Å². The predicted molar refractivity (Wildman–Crippen MR) is 187 cm³/mol. The fraction of sp³-hybridized carbons (Fsp3) is 0.447. The molecule has 1 aromatic heterocycles. The van der Waals surface area contributed by atoms with Crippen LogP contribution in [0.5, 0.6) is 5.75 Å². The summed E-state index contributed by atoms with van der Waals surface area (Å²) < 4.78 is 19.3. The summed E-state index contributed by atoms with van der Waals surface area (Å²) in [6.45, 7) is 6.95. The summed E-state index contributed by atoms with van der Waals surface area (Å²) in [5, 5.41) is 13.4. The van der Waals surface area contributed by atoms with Crippen LogP contribution in [0.1, 0.15) is 69.2 Å². The molecule has 1 saturated heterocycles. The highest BCUT2D eigenvalue weighted by atomic mass is 35.5. The smallest absolute Gasteiger partial charge is 0.482 e. The Balaban J connectivity index is 1.06. The van der Waals surface area contributed by atoms with Gasteiger partial charge in [-0.1, -0.05) is 85.4 Å². The van der Waals surface area contributed by atoms with Gasteiger partial charge in [0.25, 0.3) is 0 Å². The number of aromatic nitrogens is 1. The molecule has 4 fully saturated rings. The Labute approximate surface area is 293 Å². The van der Waals surface area contributed by atoms with Crippen molar-refractivity contribution in [1.82, 2.24) is 10.3 Å². The molecule has 3 aliphatic carbocycles. The predicted octanol–water partition coefficient (Wildman–Crippen LogP) is 7.40. The summed E-state index contributed by atoms with van der Waals surface area (Å²) in [5.74, 6) is 6.33. The monoisotopic (exact) mass is 683 g/mol. The first kappa shape index (κ1) is 34.3. The van der Waals surface area contributed by atoms with E-state index in [-0.39, 0.29) is 42.0 Å². The topological polar surface area (TPSA) is 93.5 Å². The van der Waals surface area contributed by atoms with Gasteiger partial charge >= 0.3 is 7.12 Å². The molecule has 2 aromatic carbocycles. The van der Waals surface area contributed by atoms with E-state index in [2.05, 4.69) is 61.1 Å². The molecule has 7 rings (SSSR count). The van der Waals surface area contributed by atoms with Crippen molar-refractivity contribution in [2.24, 2.45) is 17.3 Å². The number of benzene rings is 2. The number of nitrogens with zero attached hydrogens (tertiary/aromatic N) is 2. The zero-order chi connectivity index (χ0) is 33.9. The standard InChI is InChI=1S/C38H40BCl2N3O4/c1-37(2)28-22-31(37)38(3)32(23-28)47-39(48-38)33(21-25-11-5-4-6-12-25)44-34(45)18-20-46-36-29(40)17-16-26(35(36)41)13-7-8-14-27(24-42)30-15-9-10-19-43-30/h4-6,9-12,15-17,19,27-28,31-33H,7,13,18,20-23H2,1-3H3,(H,44,45)/t27?,28-,31-,32+,33-,38-/m0/s1. The molecule has 2 heterocycles. The molecule has 0 radical (unpaired) electrons. The number of nitriles is 1. The lowest BCUT2D eigenvalue weighted by molar-refractivity contribution is -0.199. The number of carbonyl (C=O) groups excluding carboxylic acids is 1. The summed E-state index contributed by atoms with van der Waals surface area (Å²) in [7, 11) is -0.545. The summed E-state index contributed by atoms with van der Waals surface area (Å²) in [4.78, 5) is 17.6. The number of nitrogens with one attached hydrogen (secondary N) is 1. The molecule has 48 heavy (non-hydrogen) atoms. The maximum Gasteiger partial charge on any atom is 0.482 e. The molecule has 10 heteroatoms. The van der Waals surface area contributed by atoms with E-state index in [1.165, 1.54) is 0 Å². The van der Waals surface area contributed by atoms with Gasteiger partial charge in [0.15, 0.2) is 5.75 Å². The van der Waals surface area contributed by atoms with Gasteiger partial charge < -0.3 is 19.4 Å². The maximum atomic E-state index is 13.3. The molecule has 3 saturated carbocycles. The fourth-order valence-corrected chi connectivity index (χ4v) is 8.24. The van der Waals surface area contributed by atoms with Gasteiger partial charge in [-0.2, -0.15) is 5.26 Å². The van der Waals surface area contributed by atoms with E-state index < -0.39 is 13.0 Å². The lowest BCUT2D eigenvalue weighted by Gasteiger charge is -2.64. The summed E-state index contributed by atoms with van der Waals surface area (Å²) in [5.41, 5.74) is 2.39. The van der Waals surface area contributed by atoms with Crippen LogP contribution < -0.4 is 10.1 Å². The molecule has 3 aromatic rings. The van der Waals surface area contributed by atoms with Crippen molar-refractivity contribution in [3.63, 3.8) is 0 Å². The van der Waals surface area contributed by atoms with Crippen LogP contribution in [0.15, 0.2) is 66.9 Å². The van der Waals surface area contributed by atoms with Crippen LogP contribution in [-0.2, 0) is 26.9 Å². The minimum absolute atomic E-state index is 0.0222. The minimum atomic E-state index is -0.596. The summed E-state index contributed by atoms with van der Waals surface area (Å²) in [6.07, 6.45) is 5.53. The number of hydrogen-bond donors (Lipinski definition) is 1. The molecular weight excluding hydrogens is 644 g/mol. The number of pyridine rings is 1. The number of hydrogen-bond acceptors (Lipinski definition) is 6. The Bertz CT molecular complexity index is 1720. The van der Waals surface area contributed by atoms with Crippen molar-refractivity contribution in [3.8, 4) is 23.7 Å². The molecule has 1 unspecified atom stereocenters. The first-order chi connectivity index (χ1) is 23.1. The Morgan fingerprint density at radius 2 is 1.92 bits per heavy atom. The number of rotatable bonds is 11. The van der Waals surface area contributed by atoms with E-state index >= 15 is 0 Å². The number of carbonyl (C=O) groups is 1. The van der Waals surface area contributed by atoms with E-state index in [9.17, 15) is 10.1 Å². The number of ether oxygens (including phenoxy) is 1. The molecule has 6 atom stereocenters. The van der Waals surface area contributed by atoms with E-state index in [1.54, 1.807) is 24.4 Å². The van der Waals surface area contributed by atoms with Gasteiger partial charge in [0.2, 0.25) is 5.91 Å². The molecule has 7 nitrogen and oxygen atoms in total. The van der Waals surface area contributed by atoms with Crippen molar-refractivity contribution >= 4 is 36.2 Å². The van der Waals surface area contributed by atoms with Gasteiger partial charge in [0.1, 0.15) is 5.92 Å². The van der Waals surface area contributed by atoms with E-state index in [1.807, 2.05) is 30.3 Å². The lowest BCUT2D eigenvalue weighted by Crippen LogP contribution is -2.65. The van der Waals surface area contributed by atoms with Crippen molar-refractivity contribution < 1.29 is 18.8 Å². The third-order valence-corrected chi connectivity index (χ3v) is 11.2. The Hall–Kier alpha value is -3.53. The van der Waals surface area contributed by atoms with Crippen LogP contribution in [0.25, 0.3) is 0 Å². The van der Waals surface area contributed by atoms with E-state index in [0.29, 0.717) is 52.6 Å². The second kappa shape index (κ2) is 14.5. The fourth-order valence-electron chi connectivity index (χ4n) is 7.67. The zero-order valence-electron chi connectivity index (χ0n) is 27.5. The van der Waals surface area contributed by atoms with Crippen molar-refractivity contribution in [3.05, 3.63) is 93.7 Å². The van der Waals surface area contributed by atoms with Crippen LogP contribution in [0.3, 0.4) is 0 Å². The van der Waals surface area contributed by atoms with Crippen molar-refractivity contribution in [2.75, 3.05) is 6.61 Å². The van der Waals surface area contributed by atoms with Gasteiger partial charge in [-0.15, -0.1) is 5.92 Å². The summed E-state index contributed by atoms with van der Waals surface area (Å²) >= 11 is 13.2. The van der Waals surface area contributed by atoms with E-state index in [0.717, 1.165) is 24.0 Å². The quantitative estimate of drug-likeness (QED) is 0.167. The SMILES string of the molecule is CC1(C)[C@@H]2C[C@H]3OB([C@H](Cc4ccccc4)NC(=O)CCOc4c(Cl)ccc(CCC#CC(C#N)c5ccccn5)c4Cl)O[C@@]3(C)[C@H]1C2. The first-order valence-electron chi connectivity index (χ1n) is 16.6. The lowest BCUT2D eigenvalue weighted by atomic mass is 9.43. The van der Waals surface area contributed by atoms with Crippen LogP contribution in [-0.4, -0.2) is 42.3 Å². The summed E-state index contributed by atoms with van der Waals surface area (Å²) in [6, 6.07) is 21.3. The molecular formula is C38H40BCl2N3O4. The van der Waals surface area contributed by atoms with E-state index in [4.69, 9.17) is 37.2 Å². The Kier molecular flexibility index (Phi) is 10.4. The van der Waals surface area contributed by atoms with Gasteiger partial charge in [0.05, 0.1) is 52.5 Å². The zero-order valence-corrected chi connectivity index (χ0v) is 29.1. The molecule has 0 spiro atoms. The third-order valence-electron chi connectivity index (χ3n) is 10.5. The largest absolute Gasteiger partial charge is 0.490 e. The normalized spacial score (nSPS) is 24.6. The maximum absolute atomic E-state index is 13.3. The Morgan fingerprint density at radius 3 is 2.65 bits per heavy atom. The van der Waals surface area contributed by atoms with Crippen molar-refractivity contribution in [2.45, 2.75) is 82.9 Å². The third kappa shape index (κ3) is 7.10. The van der Waals surface area contributed by atoms with Gasteiger partial charge in [-0.05, 0) is 79.2 Å². The van der Waals surface area contributed by atoms with Gasteiger partial charge in [0, 0.05) is 12.6 Å². The van der Waals surface area contributed by atoms with Crippen LogP contribution in [0, 0.1) is 40.4 Å².